The fourth-order valence-corrected chi connectivity index (χ4v) is 0.704. The van der Waals surface area contributed by atoms with Crippen molar-refractivity contribution in [3.8, 4) is 0 Å². The molecule has 0 spiro atoms. The second kappa shape index (κ2) is 6.77. The second-order valence-electron chi connectivity index (χ2n) is 2.85. The van der Waals surface area contributed by atoms with Crippen LogP contribution in [-0.2, 0) is 19.1 Å². The van der Waals surface area contributed by atoms with Crippen LogP contribution in [0.1, 0.15) is 19.3 Å². The Morgan fingerprint density at radius 2 is 1.80 bits per heavy atom. The summed E-state index contributed by atoms with van der Waals surface area (Å²) in [7, 11) is 0. The van der Waals surface area contributed by atoms with Crippen LogP contribution in [0.2, 0.25) is 0 Å². The van der Waals surface area contributed by atoms with Gasteiger partial charge in [0.15, 0.2) is 0 Å². The Hall–Kier alpha value is -1.63. The minimum atomic E-state index is -1.17. The van der Waals surface area contributed by atoms with E-state index >= 15 is 0 Å². The fourth-order valence-electron chi connectivity index (χ4n) is 0.704. The van der Waals surface area contributed by atoms with E-state index in [1.807, 2.05) is 0 Å². The van der Waals surface area contributed by atoms with Gasteiger partial charge >= 0.3 is 17.9 Å². The van der Waals surface area contributed by atoms with E-state index in [1.165, 1.54) is 0 Å². The van der Waals surface area contributed by atoms with Crippen molar-refractivity contribution in [1.29, 1.82) is 0 Å². The summed E-state index contributed by atoms with van der Waals surface area (Å²) >= 11 is 0. The van der Waals surface area contributed by atoms with Crippen molar-refractivity contribution in [2.45, 2.75) is 25.3 Å². The minimum Gasteiger partial charge on any atom is -0.481 e. The fraction of sp³-hybridized carbons (Fsp3) is 0.625. The van der Waals surface area contributed by atoms with Crippen molar-refractivity contribution in [1.82, 2.24) is 0 Å². The van der Waals surface area contributed by atoms with Gasteiger partial charge in [-0.25, -0.2) is 0 Å². The highest BCUT2D eigenvalue weighted by Crippen LogP contribution is 1.95. The lowest BCUT2D eigenvalue weighted by molar-refractivity contribution is -0.148. The highest BCUT2D eigenvalue weighted by Gasteiger charge is 2.12. The van der Waals surface area contributed by atoms with Crippen molar-refractivity contribution in [3.05, 3.63) is 0 Å². The number of hydrogen-bond acceptors (Lipinski definition) is 5. The van der Waals surface area contributed by atoms with Gasteiger partial charge in [0.2, 0.25) is 0 Å². The molecule has 4 N–H and O–H groups in total. The SMILES string of the molecule is NC(CCOC(=O)CCC(=O)O)C(=O)O. The number of carbonyl (C=O) groups excluding carboxylic acids is 1. The molecule has 0 saturated heterocycles. The van der Waals surface area contributed by atoms with Crippen molar-refractivity contribution < 1.29 is 29.3 Å². The molecule has 0 aromatic rings. The van der Waals surface area contributed by atoms with E-state index in [9.17, 15) is 14.4 Å². The van der Waals surface area contributed by atoms with Crippen LogP contribution in [0.3, 0.4) is 0 Å². The maximum absolute atomic E-state index is 10.8. The van der Waals surface area contributed by atoms with E-state index in [-0.39, 0.29) is 25.9 Å². The third-order valence-corrected chi connectivity index (χ3v) is 1.55. The van der Waals surface area contributed by atoms with Crippen LogP contribution >= 0.6 is 0 Å². The third kappa shape index (κ3) is 7.44. The lowest BCUT2D eigenvalue weighted by Gasteiger charge is -2.06. The predicted octanol–water partition coefficient (Wildman–Crippen LogP) is -0.804. The van der Waals surface area contributed by atoms with Crippen molar-refractivity contribution in [3.63, 3.8) is 0 Å². The van der Waals surface area contributed by atoms with Gasteiger partial charge < -0.3 is 20.7 Å². The molecule has 0 aromatic carbocycles. The van der Waals surface area contributed by atoms with Crippen LogP contribution < -0.4 is 5.73 Å². The topological polar surface area (TPSA) is 127 Å². The highest BCUT2D eigenvalue weighted by atomic mass is 16.5. The van der Waals surface area contributed by atoms with Crippen LogP contribution in [-0.4, -0.2) is 40.8 Å². The van der Waals surface area contributed by atoms with E-state index in [1.54, 1.807) is 0 Å². The van der Waals surface area contributed by atoms with Crippen molar-refractivity contribution in [2.75, 3.05) is 6.61 Å². The van der Waals surface area contributed by atoms with E-state index in [4.69, 9.17) is 15.9 Å². The number of esters is 1. The Morgan fingerprint density at radius 3 is 2.27 bits per heavy atom. The molecule has 0 aliphatic rings. The minimum absolute atomic E-state index is 0.00808. The molecule has 0 saturated carbocycles. The number of ether oxygens (including phenoxy) is 1. The van der Waals surface area contributed by atoms with Gasteiger partial charge in [-0.2, -0.15) is 0 Å². The summed E-state index contributed by atoms with van der Waals surface area (Å²) in [5.74, 6) is -2.93. The first kappa shape index (κ1) is 13.4. The molecule has 0 aliphatic carbocycles. The molecule has 0 aromatic heterocycles. The van der Waals surface area contributed by atoms with Gasteiger partial charge in [0, 0.05) is 6.42 Å². The normalized spacial score (nSPS) is 11.8. The summed E-state index contributed by atoms with van der Waals surface area (Å²) in [5, 5.41) is 16.6. The smallest absolute Gasteiger partial charge is 0.320 e. The zero-order chi connectivity index (χ0) is 11.8. The first-order chi connectivity index (χ1) is 6.93. The molecule has 1 atom stereocenters. The first-order valence-electron chi connectivity index (χ1n) is 4.29. The molecule has 7 heteroatoms. The lowest BCUT2D eigenvalue weighted by atomic mass is 10.2. The molecule has 7 nitrogen and oxygen atoms in total. The summed E-state index contributed by atoms with van der Waals surface area (Å²) in [6.45, 7) is -0.119. The quantitative estimate of drug-likeness (QED) is 0.478. The van der Waals surface area contributed by atoms with Crippen molar-refractivity contribution in [2.24, 2.45) is 5.73 Å². The summed E-state index contributed by atoms with van der Waals surface area (Å²) in [6.07, 6.45) is -0.518. The monoisotopic (exact) mass is 219 g/mol. The van der Waals surface area contributed by atoms with Crippen LogP contribution in [0.4, 0.5) is 0 Å². The summed E-state index contributed by atoms with van der Waals surface area (Å²) in [5.41, 5.74) is 5.14. The lowest BCUT2D eigenvalue weighted by Crippen LogP contribution is -2.31. The number of carboxylic acid groups (broad SMARTS) is 2. The molecule has 0 bridgehead atoms. The molecule has 0 fully saturated rings. The summed E-state index contributed by atoms with van der Waals surface area (Å²) < 4.78 is 4.57. The molecule has 15 heavy (non-hydrogen) atoms. The third-order valence-electron chi connectivity index (χ3n) is 1.55. The molecule has 0 aliphatic heterocycles. The Kier molecular flexibility index (Phi) is 6.03. The van der Waals surface area contributed by atoms with E-state index < -0.39 is 23.9 Å². The summed E-state index contributed by atoms with van der Waals surface area (Å²) in [6, 6.07) is -1.07. The standard InChI is InChI=1S/C8H13NO6/c9-5(8(13)14)3-4-15-7(12)2-1-6(10)11/h5H,1-4,9H2,(H,10,11)(H,13,14). The molecule has 0 rings (SSSR count). The maximum Gasteiger partial charge on any atom is 0.320 e. The Bertz CT molecular complexity index is 252. The van der Waals surface area contributed by atoms with Gasteiger partial charge in [0.25, 0.3) is 0 Å². The van der Waals surface area contributed by atoms with Gasteiger partial charge in [-0.05, 0) is 0 Å². The first-order valence-corrected chi connectivity index (χ1v) is 4.29. The van der Waals surface area contributed by atoms with Crippen LogP contribution in [0.5, 0.6) is 0 Å². The van der Waals surface area contributed by atoms with Gasteiger partial charge in [-0.1, -0.05) is 0 Å². The molecule has 86 valence electrons. The number of nitrogens with two attached hydrogens (primary N) is 1. The number of carboxylic acids is 2. The van der Waals surface area contributed by atoms with Crippen LogP contribution in [0.25, 0.3) is 0 Å². The predicted molar refractivity (Wildman–Crippen MR) is 48.1 cm³/mol. The van der Waals surface area contributed by atoms with Gasteiger partial charge in [0.05, 0.1) is 19.4 Å². The van der Waals surface area contributed by atoms with Crippen LogP contribution in [0, 0.1) is 0 Å². The largest absolute Gasteiger partial charge is 0.481 e. The average Bonchev–Trinajstić information content (AvgIpc) is 2.14. The van der Waals surface area contributed by atoms with Crippen LogP contribution in [0.15, 0.2) is 0 Å². The molecule has 0 heterocycles. The molecular weight excluding hydrogens is 206 g/mol. The van der Waals surface area contributed by atoms with Crippen molar-refractivity contribution >= 4 is 17.9 Å². The Morgan fingerprint density at radius 1 is 1.20 bits per heavy atom. The van der Waals surface area contributed by atoms with E-state index in [0.29, 0.717) is 0 Å². The average molecular weight is 219 g/mol. The molecular formula is C8H13NO6. The molecule has 0 radical (unpaired) electrons. The highest BCUT2D eigenvalue weighted by molar-refractivity contribution is 5.76. The molecule has 0 amide bonds. The Labute approximate surface area is 85.8 Å². The zero-order valence-corrected chi connectivity index (χ0v) is 8.01. The zero-order valence-electron chi connectivity index (χ0n) is 8.01. The maximum atomic E-state index is 10.8. The van der Waals surface area contributed by atoms with Gasteiger partial charge in [-0.3, -0.25) is 14.4 Å². The number of hydrogen-bond donors (Lipinski definition) is 3. The number of carbonyl (C=O) groups is 3. The molecule has 1 unspecified atom stereocenters. The van der Waals surface area contributed by atoms with Gasteiger partial charge in [0.1, 0.15) is 6.04 Å². The Balaban J connectivity index is 3.55. The van der Waals surface area contributed by atoms with E-state index in [0.717, 1.165) is 0 Å². The number of aliphatic carboxylic acids is 2. The van der Waals surface area contributed by atoms with Gasteiger partial charge in [-0.15, -0.1) is 0 Å². The summed E-state index contributed by atoms with van der Waals surface area (Å²) in [4.78, 5) is 31.1. The van der Waals surface area contributed by atoms with E-state index in [2.05, 4.69) is 4.74 Å². The second-order valence-corrected chi connectivity index (χ2v) is 2.85. The number of rotatable bonds is 7.